The molecule has 0 aromatic rings. The molecule has 0 saturated heterocycles. The minimum Gasteiger partial charge on any atom is -0.459 e. The molecule has 0 radical (unpaired) electrons. The lowest BCUT2D eigenvalue weighted by molar-refractivity contribution is -0.143. The van der Waals surface area contributed by atoms with Crippen molar-refractivity contribution in [1.82, 2.24) is 0 Å². The zero-order valence-electron chi connectivity index (χ0n) is 13.0. The van der Waals surface area contributed by atoms with Gasteiger partial charge in [0.25, 0.3) is 0 Å². The van der Waals surface area contributed by atoms with Gasteiger partial charge in [0.05, 0.1) is 6.61 Å². The van der Waals surface area contributed by atoms with E-state index in [0.717, 1.165) is 6.08 Å². The summed E-state index contributed by atoms with van der Waals surface area (Å²) in [5.74, 6) is -0.432. The fourth-order valence-corrected chi connectivity index (χ4v) is 3.91. The maximum Gasteiger partial charge on any atom is 0.530 e. The molecule has 0 amide bonds. The Balaban J connectivity index is 4.31. The summed E-state index contributed by atoms with van der Waals surface area (Å²) >= 11 is 0. The predicted octanol–water partition coefficient (Wildman–Crippen LogP) is 1.71. The highest BCUT2D eigenvalue weighted by Crippen LogP contribution is 2.18. The standard InChI is InChI=1S/C13H26O6Si/c1-7-12(14)19-11(3)9-10-18-13(8-2)20(15-4,16-5)17-6/h7,11,13H,1,8-10H2,2-6H3. The van der Waals surface area contributed by atoms with Gasteiger partial charge in [-0.1, -0.05) is 13.5 Å². The SMILES string of the molecule is C=CC(=O)OC(C)CCOC(CC)[Si](OC)(OC)OC. The van der Waals surface area contributed by atoms with Crippen molar-refractivity contribution in [2.24, 2.45) is 0 Å². The third-order valence-corrected chi connectivity index (χ3v) is 6.02. The highest BCUT2D eigenvalue weighted by Gasteiger charge is 2.47. The number of hydrogen-bond acceptors (Lipinski definition) is 6. The van der Waals surface area contributed by atoms with Gasteiger partial charge in [0, 0.05) is 33.8 Å². The monoisotopic (exact) mass is 306 g/mol. The van der Waals surface area contributed by atoms with Crippen molar-refractivity contribution in [3.8, 4) is 0 Å². The van der Waals surface area contributed by atoms with E-state index >= 15 is 0 Å². The summed E-state index contributed by atoms with van der Waals surface area (Å²) in [5.41, 5.74) is -0.246. The third-order valence-electron chi connectivity index (χ3n) is 2.95. The van der Waals surface area contributed by atoms with Crippen LogP contribution in [0, 0.1) is 0 Å². The average Bonchev–Trinajstić information content (AvgIpc) is 2.47. The van der Waals surface area contributed by atoms with Crippen molar-refractivity contribution in [3.63, 3.8) is 0 Å². The molecule has 0 aromatic carbocycles. The van der Waals surface area contributed by atoms with Gasteiger partial charge in [-0.3, -0.25) is 0 Å². The summed E-state index contributed by atoms with van der Waals surface area (Å²) in [4.78, 5) is 11.0. The van der Waals surface area contributed by atoms with Crippen molar-refractivity contribution in [3.05, 3.63) is 12.7 Å². The Morgan fingerprint density at radius 3 is 2.20 bits per heavy atom. The normalized spacial score (nSPS) is 14.7. The molecular weight excluding hydrogens is 280 g/mol. The Bertz CT molecular complexity index is 284. The Morgan fingerprint density at radius 1 is 1.25 bits per heavy atom. The average molecular weight is 306 g/mol. The van der Waals surface area contributed by atoms with E-state index in [-0.39, 0.29) is 11.8 Å². The molecule has 0 aromatic heterocycles. The molecule has 0 fully saturated rings. The molecule has 0 rings (SSSR count). The smallest absolute Gasteiger partial charge is 0.459 e. The molecule has 0 aliphatic carbocycles. The van der Waals surface area contributed by atoms with E-state index < -0.39 is 14.8 Å². The van der Waals surface area contributed by atoms with E-state index in [0.29, 0.717) is 19.4 Å². The Morgan fingerprint density at radius 2 is 1.80 bits per heavy atom. The minimum atomic E-state index is -2.80. The van der Waals surface area contributed by atoms with Crippen LogP contribution < -0.4 is 0 Å². The van der Waals surface area contributed by atoms with E-state index in [9.17, 15) is 4.79 Å². The maximum absolute atomic E-state index is 11.0. The van der Waals surface area contributed by atoms with Crippen LogP contribution >= 0.6 is 0 Å². The van der Waals surface area contributed by atoms with Crippen LogP contribution in [-0.4, -0.2) is 54.5 Å². The second-order valence-electron chi connectivity index (χ2n) is 4.22. The van der Waals surface area contributed by atoms with Crippen LogP contribution in [0.4, 0.5) is 0 Å². The van der Waals surface area contributed by atoms with E-state index in [1.165, 1.54) is 0 Å². The number of carbonyl (C=O) groups is 1. The molecule has 0 bridgehead atoms. The molecule has 2 atom stereocenters. The lowest BCUT2D eigenvalue weighted by atomic mass is 10.3. The van der Waals surface area contributed by atoms with E-state index in [1.807, 2.05) is 6.92 Å². The van der Waals surface area contributed by atoms with Gasteiger partial charge in [-0.2, -0.15) is 0 Å². The van der Waals surface area contributed by atoms with Crippen LogP contribution in [0.15, 0.2) is 12.7 Å². The lowest BCUT2D eigenvalue weighted by Crippen LogP contribution is -2.55. The summed E-state index contributed by atoms with van der Waals surface area (Å²) in [7, 11) is 1.86. The van der Waals surface area contributed by atoms with Gasteiger partial charge >= 0.3 is 14.8 Å². The van der Waals surface area contributed by atoms with Crippen molar-refractivity contribution in [2.75, 3.05) is 27.9 Å². The lowest BCUT2D eigenvalue weighted by Gasteiger charge is -2.31. The van der Waals surface area contributed by atoms with Gasteiger partial charge in [-0.05, 0) is 13.3 Å². The van der Waals surface area contributed by atoms with Gasteiger partial charge in [0.15, 0.2) is 0 Å². The Kier molecular flexibility index (Phi) is 9.69. The van der Waals surface area contributed by atoms with Crippen molar-refractivity contribution >= 4 is 14.8 Å². The molecule has 0 N–H and O–H groups in total. The van der Waals surface area contributed by atoms with Crippen LogP contribution in [0.5, 0.6) is 0 Å². The second-order valence-corrected chi connectivity index (χ2v) is 7.30. The van der Waals surface area contributed by atoms with E-state index in [4.69, 9.17) is 22.8 Å². The van der Waals surface area contributed by atoms with Crippen molar-refractivity contribution in [2.45, 2.75) is 38.5 Å². The van der Waals surface area contributed by atoms with Crippen molar-refractivity contribution in [1.29, 1.82) is 0 Å². The van der Waals surface area contributed by atoms with Gasteiger partial charge in [0.1, 0.15) is 11.8 Å². The summed E-state index contributed by atoms with van der Waals surface area (Å²) in [5, 5.41) is 0. The largest absolute Gasteiger partial charge is 0.530 e. The first kappa shape index (κ1) is 19.3. The molecule has 0 spiro atoms. The Labute approximate surface area is 122 Å². The fourth-order valence-electron chi connectivity index (χ4n) is 1.80. The fraction of sp³-hybridized carbons (Fsp3) is 0.769. The number of esters is 1. The number of hydrogen-bond donors (Lipinski definition) is 0. The molecule has 0 saturated carbocycles. The first-order valence-electron chi connectivity index (χ1n) is 6.59. The molecule has 6 nitrogen and oxygen atoms in total. The van der Waals surface area contributed by atoms with Gasteiger partial charge in [-0.25, -0.2) is 4.79 Å². The first-order valence-corrected chi connectivity index (χ1v) is 8.39. The summed E-state index contributed by atoms with van der Waals surface area (Å²) in [6.07, 6.45) is 2.20. The first-order chi connectivity index (χ1) is 9.49. The van der Waals surface area contributed by atoms with E-state index in [2.05, 4.69) is 6.58 Å². The maximum atomic E-state index is 11.0. The molecule has 0 aliphatic heterocycles. The van der Waals surface area contributed by atoms with Crippen LogP contribution in [0.25, 0.3) is 0 Å². The van der Waals surface area contributed by atoms with Crippen molar-refractivity contribution < 1.29 is 27.5 Å². The number of rotatable bonds is 11. The van der Waals surface area contributed by atoms with Gasteiger partial charge in [-0.15, -0.1) is 0 Å². The van der Waals surface area contributed by atoms with Crippen LogP contribution in [-0.2, 0) is 27.5 Å². The molecule has 0 heterocycles. The topological polar surface area (TPSA) is 63.2 Å². The minimum absolute atomic E-state index is 0.235. The van der Waals surface area contributed by atoms with Gasteiger partial charge in [0.2, 0.25) is 0 Å². The third kappa shape index (κ3) is 5.72. The van der Waals surface area contributed by atoms with Crippen LogP contribution in [0.1, 0.15) is 26.7 Å². The highest BCUT2D eigenvalue weighted by atomic mass is 28.4. The summed E-state index contributed by atoms with van der Waals surface area (Å²) < 4.78 is 27.0. The molecule has 7 heteroatoms. The molecular formula is C13H26O6Si. The zero-order valence-corrected chi connectivity index (χ0v) is 14.0. The number of ether oxygens (including phenoxy) is 2. The molecule has 0 aliphatic rings. The molecule has 20 heavy (non-hydrogen) atoms. The van der Waals surface area contributed by atoms with E-state index in [1.54, 1.807) is 28.3 Å². The Hall–Kier alpha value is -0.733. The molecule has 118 valence electrons. The van der Waals surface area contributed by atoms with Crippen LogP contribution in [0.3, 0.4) is 0 Å². The zero-order chi connectivity index (χ0) is 15.6. The molecule has 2 unspecified atom stereocenters. The quantitative estimate of drug-likeness (QED) is 0.329. The summed E-state index contributed by atoms with van der Waals surface area (Å²) in [6.45, 7) is 7.56. The van der Waals surface area contributed by atoms with Crippen LogP contribution in [0.2, 0.25) is 0 Å². The number of carbonyl (C=O) groups excluding carboxylic acids is 1. The summed E-state index contributed by atoms with van der Waals surface area (Å²) in [6, 6.07) is 0. The predicted molar refractivity (Wildman–Crippen MR) is 77.2 cm³/mol. The second kappa shape index (κ2) is 10.1. The highest BCUT2D eigenvalue weighted by molar-refractivity contribution is 6.62. The van der Waals surface area contributed by atoms with Gasteiger partial charge < -0.3 is 22.8 Å².